The van der Waals surface area contributed by atoms with Crippen LogP contribution in [0.4, 0.5) is 5.69 Å². The number of morpholine rings is 1. The summed E-state index contributed by atoms with van der Waals surface area (Å²) in [5, 5.41) is 0. The molecule has 1 aromatic heterocycles. The van der Waals surface area contributed by atoms with Crippen molar-refractivity contribution in [3.63, 3.8) is 0 Å². The Morgan fingerprint density at radius 1 is 1.05 bits per heavy atom. The lowest BCUT2D eigenvalue weighted by Crippen LogP contribution is -2.36. The van der Waals surface area contributed by atoms with Gasteiger partial charge in [-0.25, -0.2) is 4.79 Å². The van der Waals surface area contributed by atoms with Gasteiger partial charge in [0.2, 0.25) is 0 Å². The van der Waals surface area contributed by atoms with Crippen LogP contribution in [0.3, 0.4) is 0 Å². The topological polar surface area (TPSA) is 39.4 Å². The fraction of sp³-hybridized carbons (Fsp3) is 0.588. The normalized spacial score (nSPS) is 16.5. The molecule has 1 fully saturated rings. The van der Waals surface area contributed by atoms with Gasteiger partial charge in [-0.3, -0.25) is 9.13 Å². The van der Waals surface area contributed by atoms with Gasteiger partial charge in [0, 0.05) is 27.2 Å². The summed E-state index contributed by atoms with van der Waals surface area (Å²) < 4.78 is 8.98. The molecule has 22 heavy (non-hydrogen) atoms. The molecule has 1 saturated heterocycles. The highest BCUT2D eigenvalue weighted by Crippen LogP contribution is 2.33. The van der Waals surface area contributed by atoms with Crippen LogP contribution in [-0.2, 0) is 24.2 Å². The minimum absolute atomic E-state index is 0.0237. The largest absolute Gasteiger partial charge is 0.378 e. The lowest BCUT2D eigenvalue weighted by atomic mass is 9.86. The maximum atomic E-state index is 12.4. The second kappa shape index (κ2) is 5.16. The zero-order valence-corrected chi connectivity index (χ0v) is 14.1. The van der Waals surface area contributed by atoms with Crippen molar-refractivity contribution in [2.75, 3.05) is 31.2 Å². The summed E-state index contributed by atoms with van der Waals surface area (Å²) >= 11 is 0. The summed E-state index contributed by atoms with van der Waals surface area (Å²) in [6.07, 6.45) is 0. The number of aryl methyl sites for hydroxylation is 2. The van der Waals surface area contributed by atoms with E-state index in [0.29, 0.717) is 0 Å². The Labute approximate surface area is 131 Å². The first-order valence-corrected chi connectivity index (χ1v) is 7.83. The molecule has 0 radical (unpaired) electrons. The molecule has 5 nitrogen and oxygen atoms in total. The maximum absolute atomic E-state index is 12.4. The summed E-state index contributed by atoms with van der Waals surface area (Å²) in [5.74, 6) is 0. The van der Waals surface area contributed by atoms with Crippen molar-refractivity contribution < 1.29 is 4.74 Å². The first kappa shape index (κ1) is 15.2. The molecule has 2 heterocycles. The van der Waals surface area contributed by atoms with Crippen LogP contribution in [0.2, 0.25) is 0 Å². The predicted molar refractivity (Wildman–Crippen MR) is 89.9 cm³/mol. The van der Waals surface area contributed by atoms with Gasteiger partial charge in [0.1, 0.15) is 0 Å². The van der Waals surface area contributed by atoms with Crippen molar-refractivity contribution >= 4 is 16.7 Å². The molecule has 5 heteroatoms. The Kier molecular flexibility index (Phi) is 3.56. The van der Waals surface area contributed by atoms with Crippen LogP contribution in [0.5, 0.6) is 0 Å². The van der Waals surface area contributed by atoms with Gasteiger partial charge < -0.3 is 9.64 Å². The molecule has 2 aromatic rings. The Bertz CT molecular complexity index is 759. The Morgan fingerprint density at radius 3 is 2.27 bits per heavy atom. The van der Waals surface area contributed by atoms with Crippen LogP contribution in [-0.4, -0.2) is 35.4 Å². The van der Waals surface area contributed by atoms with Crippen LogP contribution >= 0.6 is 0 Å². The van der Waals surface area contributed by atoms with Crippen LogP contribution in [0, 0.1) is 0 Å². The molecule has 0 amide bonds. The van der Waals surface area contributed by atoms with Crippen molar-refractivity contribution in [3.8, 4) is 0 Å². The average molecular weight is 303 g/mol. The molecule has 0 spiro atoms. The van der Waals surface area contributed by atoms with Crippen LogP contribution < -0.4 is 10.6 Å². The molecular weight excluding hydrogens is 278 g/mol. The molecule has 0 unspecified atom stereocenters. The van der Waals surface area contributed by atoms with Gasteiger partial charge in [-0.1, -0.05) is 20.8 Å². The SMILES string of the molecule is Cn1c(=O)n(C)c2c(N3CCOCC3)cc(C(C)(C)C)cc21. The number of hydrogen-bond donors (Lipinski definition) is 0. The molecule has 0 bridgehead atoms. The third kappa shape index (κ3) is 2.33. The van der Waals surface area contributed by atoms with E-state index in [9.17, 15) is 4.79 Å². The number of anilines is 1. The first-order valence-electron chi connectivity index (χ1n) is 7.83. The predicted octanol–water partition coefficient (Wildman–Crippen LogP) is 2.01. The number of benzene rings is 1. The molecular formula is C17H25N3O2. The highest BCUT2D eigenvalue weighted by atomic mass is 16.5. The van der Waals surface area contributed by atoms with Crippen molar-refractivity contribution in [2.24, 2.45) is 14.1 Å². The first-order chi connectivity index (χ1) is 10.3. The monoisotopic (exact) mass is 303 g/mol. The minimum atomic E-state index is 0.0237. The molecule has 0 aliphatic carbocycles. The highest BCUT2D eigenvalue weighted by Gasteiger charge is 2.23. The number of fused-ring (bicyclic) bond motifs is 1. The molecule has 1 aliphatic rings. The van der Waals surface area contributed by atoms with Gasteiger partial charge >= 0.3 is 5.69 Å². The van der Waals surface area contributed by atoms with Crippen LogP contribution in [0.15, 0.2) is 16.9 Å². The Balaban J connectivity index is 2.31. The van der Waals surface area contributed by atoms with E-state index in [4.69, 9.17) is 4.74 Å². The van der Waals surface area contributed by atoms with Gasteiger partial charge in [0.05, 0.1) is 29.9 Å². The van der Waals surface area contributed by atoms with Gasteiger partial charge in [-0.2, -0.15) is 0 Å². The average Bonchev–Trinajstić information content (AvgIpc) is 2.71. The number of nitrogens with zero attached hydrogens (tertiary/aromatic N) is 3. The Hall–Kier alpha value is -1.75. The quantitative estimate of drug-likeness (QED) is 0.809. The van der Waals surface area contributed by atoms with E-state index in [1.807, 2.05) is 14.1 Å². The lowest BCUT2D eigenvalue weighted by molar-refractivity contribution is 0.123. The van der Waals surface area contributed by atoms with Crippen molar-refractivity contribution in [3.05, 3.63) is 28.2 Å². The summed E-state index contributed by atoms with van der Waals surface area (Å²) in [5.41, 5.74) is 4.48. The standard InChI is InChI=1S/C17H25N3O2/c1-17(2,3)12-10-13-15(19(5)16(21)18(13)4)14(11-12)20-6-8-22-9-7-20/h10-11H,6-9H2,1-5H3. The fourth-order valence-corrected chi connectivity index (χ4v) is 3.11. The van der Waals surface area contributed by atoms with Crippen LogP contribution in [0.25, 0.3) is 11.0 Å². The smallest absolute Gasteiger partial charge is 0.328 e. The van der Waals surface area contributed by atoms with Crippen molar-refractivity contribution in [2.45, 2.75) is 26.2 Å². The Morgan fingerprint density at radius 2 is 1.68 bits per heavy atom. The summed E-state index contributed by atoms with van der Waals surface area (Å²) in [6, 6.07) is 4.40. The van der Waals surface area contributed by atoms with Gasteiger partial charge in [0.15, 0.2) is 0 Å². The van der Waals surface area contributed by atoms with E-state index in [2.05, 4.69) is 37.8 Å². The van der Waals surface area contributed by atoms with Crippen LogP contribution in [0.1, 0.15) is 26.3 Å². The van der Waals surface area contributed by atoms with Gasteiger partial charge in [-0.05, 0) is 23.1 Å². The third-order valence-corrected chi connectivity index (χ3v) is 4.56. The van der Waals surface area contributed by atoms with Crippen molar-refractivity contribution in [1.29, 1.82) is 0 Å². The molecule has 0 N–H and O–H groups in total. The number of imidazole rings is 1. The zero-order valence-electron chi connectivity index (χ0n) is 14.1. The molecule has 0 saturated carbocycles. The van der Waals surface area contributed by atoms with Crippen molar-refractivity contribution in [1.82, 2.24) is 9.13 Å². The number of ether oxygens (including phenoxy) is 1. The summed E-state index contributed by atoms with van der Waals surface area (Å²) in [7, 11) is 3.70. The summed E-state index contributed by atoms with van der Waals surface area (Å²) in [6.45, 7) is 9.83. The molecule has 1 aromatic carbocycles. The van der Waals surface area contributed by atoms with E-state index >= 15 is 0 Å². The zero-order chi connectivity index (χ0) is 16.1. The lowest BCUT2D eigenvalue weighted by Gasteiger charge is -2.31. The van der Waals surface area contributed by atoms with Gasteiger partial charge in [-0.15, -0.1) is 0 Å². The molecule has 0 atom stereocenters. The number of hydrogen-bond acceptors (Lipinski definition) is 3. The number of rotatable bonds is 1. The third-order valence-electron chi connectivity index (χ3n) is 4.56. The molecule has 120 valence electrons. The summed E-state index contributed by atoms with van der Waals surface area (Å²) in [4.78, 5) is 14.7. The molecule has 3 rings (SSSR count). The second-order valence-electron chi connectivity index (χ2n) is 7.11. The van der Waals surface area contributed by atoms with E-state index in [1.54, 1.807) is 9.13 Å². The van der Waals surface area contributed by atoms with E-state index in [-0.39, 0.29) is 11.1 Å². The minimum Gasteiger partial charge on any atom is -0.378 e. The van der Waals surface area contributed by atoms with E-state index < -0.39 is 0 Å². The maximum Gasteiger partial charge on any atom is 0.328 e. The number of aromatic nitrogens is 2. The fourth-order valence-electron chi connectivity index (χ4n) is 3.11. The second-order valence-corrected chi connectivity index (χ2v) is 7.11. The van der Waals surface area contributed by atoms with E-state index in [1.165, 1.54) is 5.56 Å². The van der Waals surface area contributed by atoms with E-state index in [0.717, 1.165) is 43.0 Å². The van der Waals surface area contributed by atoms with Gasteiger partial charge in [0.25, 0.3) is 0 Å². The molecule has 1 aliphatic heterocycles. The highest BCUT2D eigenvalue weighted by molar-refractivity contribution is 5.91.